The summed E-state index contributed by atoms with van der Waals surface area (Å²) < 4.78 is 0. The zero-order valence-corrected chi connectivity index (χ0v) is 11.3. The van der Waals surface area contributed by atoms with Crippen molar-refractivity contribution in [2.24, 2.45) is 0 Å². The Morgan fingerprint density at radius 1 is 1.19 bits per heavy atom. The molecule has 4 heteroatoms. The highest BCUT2D eigenvalue weighted by molar-refractivity contribution is 5.32. The molecule has 1 heterocycles. The van der Waals surface area contributed by atoms with Crippen LogP contribution in [0.15, 0.2) is 0 Å². The number of piperazine rings is 1. The summed E-state index contributed by atoms with van der Waals surface area (Å²) in [5, 5.41) is 6.89. The molecule has 0 aromatic heterocycles. The smallest absolute Gasteiger partial charge is 0.290 e. The van der Waals surface area contributed by atoms with Gasteiger partial charge in [-0.2, -0.15) is 0 Å². The Bertz CT molecular complexity index is 132. The zero-order valence-electron chi connectivity index (χ0n) is 11.3. The predicted octanol–water partition coefficient (Wildman–Crippen LogP) is 1.76. The third-order valence-electron chi connectivity index (χ3n) is 2.42. The summed E-state index contributed by atoms with van der Waals surface area (Å²) in [7, 11) is 2.21. The van der Waals surface area contributed by atoms with Crippen molar-refractivity contribution in [3.63, 3.8) is 0 Å². The van der Waals surface area contributed by atoms with Crippen LogP contribution in [0, 0.1) is 0 Å². The SMILES string of the molecule is CC.CCCCN1CCN(C)CC1.O=CO. The average molecular weight is 232 g/mol. The van der Waals surface area contributed by atoms with Gasteiger partial charge in [-0.25, -0.2) is 0 Å². The number of rotatable bonds is 3. The van der Waals surface area contributed by atoms with Gasteiger partial charge in [0.05, 0.1) is 0 Å². The summed E-state index contributed by atoms with van der Waals surface area (Å²) in [5.74, 6) is 0. The molecule has 98 valence electrons. The van der Waals surface area contributed by atoms with Crippen LogP contribution >= 0.6 is 0 Å². The highest BCUT2D eigenvalue weighted by Crippen LogP contribution is 2.00. The van der Waals surface area contributed by atoms with E-state index in [-0.39, 0.29) is 6.47 Å². The van der Waals surface area contributed by atoms with Crippen molar-refractivity contribution in [1.82, 2.24) is 9.80 Å². The molecule has 0 aliphatic carbocycles. The molecule has 1 fully saturated rings. The summed E-state index contributed by atoms with van der Waals surface area (Å²) in [6.45, 7) is 12.4. The molecule has 1 rings (SSSR count). The van der Waals surface area contributed by atoms with Crippen molar-refractivity contribution < 1.29 is 9.90 Å². The lowest BCUT2D eigenvalue weighted by Gasteiger charge is -2.32. The van der Waals surface area contributed by atoms with E-state index < -0.39 is 0 Å². The van der Waals surface area contributed by atoms with Crippen LogP contribution in [0.25, 0.3) is 0 Å². The number of carbonyl (C=O) groups is 1. The molecule has 0 radical (unpaired) electrons. The van der Waals surface area contributed by atoms with Gasteiger partial charge >= 0.3 is 0 Å². The maximum atomic E-state index is 8.36. The Kier molecular flexibility index (Phi) is 16.0. The molecule has 0 aromatic rings. The van der Waals surface area contributed by atoms with Crippen LogP contribution in [0.4, 0.5) is 0 Å². The van der Waals surface area contributed by atoms with Crippen LogP contribution in [-0.2, 0) is 4.79 Å². The number of hydrogen-bond donors (Lipinski definition) is 1. The van der Waals surface area contributed by atoms with E-state index in [1.165, 1.54) is 45.6 Å². The van der Waals surface area contributed by atoms with Crippen LogP contribution in [-0.4, -0.2) is 61.2 Å². The van der Waals surface area contributed by atoms with Crippen molar-refractivity contribution in [3.8, 4) is 0 Å². The van der Waals surface area contributed by atoms with Crippen molar-refractivity contribution in [2.75, 3.05) is 39.8 Å². The van der Waals surface area contributed by atoms with Crippen molar-refractivity contribution in [2.45, 2.75) is 33.6 Å². The monoisotopic (exact) mass is 232 g/mol. The highest BCUT2D eigenvalue weighted by atomic mass is 16.3. The average Bonchev–Trinajstić information content (AvgIpc) is 2.32. The number of hydrogen-bond acceptors (Lipinski definition) is 3. The summed E-state index contributed by atoms with van der Waals surface area (Å²) in [6.07, 6.45) is 2.69. The van der Waals surface area contributed by atoms with E-state index >= 15 is 0 Å². The first kappa shape index (κ1) is 17.8. The molecular formula is C12H28N2O2. The second-order valence-electron chi connectivity index (χ2n) is 3.60. The van der Waals surface area contributed by atoms with Gasteiger partial charge < -0.3 is 14.9 Å². The third-order valence-corrected chi connectivity index (χ3v) is 2.42. The standard InChI is InChI=1S/C9H20N2.C2H6.CH2O2/c1-3-4-5-11-8-6-10(2)7-9-11;1-2;2-1-3/h3-9H2,1-2H3;1-2H3;1H,(H,2,3). The minimum absolute atomic E-state index is 0.250. The van der Waals surface area contributed by atoms with Crippen LogP contribution in [0.3, 0.4) is 0 Å². The fraction of sp³-hybridized carbons (Fsp3) is 0.917. The fourth-order valence-corrected chi connectivity index (χ4v) is 1.45. The van der Waals surface area contributed by atoms with Crippen LogP contribution in [0.1, 0.15) is 33.6 Å². The quantitative estimate of drug-likeness (QED) is 0.753. The zero-order chi connectivity index (χ0) is 12.8. The number of likely N-dealkylation sites (N-methyl/N-ethyl adjacent to an activating group) is 1. The molecular weight excluding hydrogens is 204 g/mol. The Morgan fingerprint density at radius 2 is 1.62 bits per heavy atom. The van der Waals surface area contributed by atoms with Crippen molar-refractivity contribution in [1.29, 1.82) is 0 Å². The van der Waals surface area contributed by atoms with E-state index in [0.29, 0.717) is 0 Å². The van der Waals surface area contributed by atoms with Crippen LogP contribution in [0.2, 0.25) is 0 Å². The molecule has 1 N–H and O–H groups in total. The number of nitrogens with zero attached hydrogens (tertiary/aromatic N) is 2. The van der Waals surface area contributed by atoms with Crippen molar-refractivity contribution >= 4 is 6.47 Å². The third kappa shape index (κ3) is 11.5. The molecule has 0 atom stereocenters. The molecule has 4 nitrogen and oxygen atoms in total. The normalized spacial score (nSPS) is 16.5. The maximum Gasteiger partial charge on any atom is 0.290 e. The van der Waals surface area contributed by atoms with Gasteiger partial charge in [-0.15, -0.1) is 0 Å². The first-order valence-electron chi connectivity index (χ1n) is 6.23. The predicted molar refractivity (Wildman–Crippen MR) is 68.9 cm³/mol. The number of carboxylic acid groups (broad SMARTS) is 1. The van der Waals surface area contributed by atoms with Gasteiger partial charge in [-0.05, 0) is 20.0 Å². The van der Waals surface area contributed by atoms with Crippen LogP contribution in [0.5, 0.6) is 0 Å². The summed E-state index contributed by atoms with van der Waals surface area (Å²) >= 11 is 0. The van der Waals surface area contributed by atoms with Crippen molar-refractivity contribution in [3.05, 3.63) is 0 Å². The first-order chi connectivity index (χ1) is 7.74. The Labute approximate surface area is 100 Å². The molecule has 0 saturated carbocycles. The van der Waals surface area contributed by atoms with E-state index in [2.05, 4.69) is 23.8 Å². The van der Waals surface area contributed by atoms with E-state index in [0.717, 1.165) is 0 Å². The van der Waals surface area contributed by atoms with E-state index in [9.17, 15) is 0 Å². The maximum absolute atomic E-state index is 8.36. The lowest BCUT2D eigenvalue weighted by atomic mass is 10.3. The molecule has 16 heavy (non-hydrogen) atoms. The van der Waals surface area contributed by atoms with E-state index in [1.54, 1.807) is 0 Å². The number of unbranched alkanes of at least 4 members (excludes halogenated alkanes) is 1. The van der Waals surface area contributed by atoms with Gasteiger partial charge in [0.25, 0.3) is 6.47 Å². The van der Waals surface area contributed by atoms with Gasteiger partial charge in [-0.3, -0.25) is 4.79 Å². The first-order valence-corrected chi connectivity index (χ1v) is 6.23. The molecule has 0 aromatic carbocycles. The minimum Gasteiger partial charge on any atom is -0.483 e. The second kappa shape index (κ2) is 14.4. The van der Waals surface area contributed by atoms with Crippen LogP contribution < -0.4 is 0 Å². The molecule has 1 aliphatic heterocycles. The Morgan fingerprint density at radius 3 is 2.00 bits per heavy atom. The highest BCUT2D eigenvalue weighted by Gasteiger charge is 2.11. The lowest BCUT2D eigenvalue weighted by Crippen LogP contribution is -2.44. The molecule has 0 unspecified atom stereocenters. The lowest BCUT2D eigenvalue weighted by molar-refractivity contribution is -0.122. The summed E-state index contributed by atoms with van der Waals surface area (Å²) in [5.41, 5.74) is 0. The molecule has 1 aliphatic rings. The molecule has 1 saturated heterocycles. The second-order valence-corrected chi connectivity index (χ2v) is 3.60. The minimum atomic E-state index is -0.250. The largest absolute Gasteiger partial charge is 0.483 e. The van der Waals surface area contributed by atoms with Gasteiger partial charge in [0, 0.05) is 26.2 Å². The van der Waals surface area contributed by atoms with Gasteiger partial charge in [0.15, 0.2) is 0 Å². The topological polar surface area (TPSA) is 43.8 Å². The van der Waals surface area contributed by atoms with E-state index in [4.69, 9.17) is 9.90 Å². The fourth-order valence-electron chi connectivity index (χ4n) is 1.45. The Hall–Kier alpha value is -0.610. The van der Waals surface area contributed by atoms with Gasteiger partial charge in [0.1, 0.15) is 0 Å². The molecule has 0 bridgehead atoms. The van der Waals surface area contributed by atoms with Gasteiger partial charge in [-0.1, -0.05) is 27.2 Å². The summed E-state index contributed by atoms with van der Waals surface area (Å²) in [6, 6.07) is 0. The van der Waals surface area contributed by atoms with E-state index in [1.807, 2.05) is 13.8 Å². The Balaban J connectivity index is 0. The summed E-state index contributed by atoms with van der Waals surface area (Å²) in [4.78, 5) is 13.3. The molecule has 0 amide bonds. The molecule has 0 spiro atoms. The van der Waals surface area contributed by atoms with Gasteiger partial charge in [0.2, 0.25) is 0 Å².